The zero-order chi connectivity index (χ0) is 20.1. The number of hydrogen-bond acceptors (Lipinski definition) is 2. The van der Waals surface area contributed by atoms with Crippen molar-refractivity contribution in [2.24, 2.45) is 0 Å². The second kappa shape index (κ2) is 6.34. The van der Waals surface area contributed by atoms with Crippen molar-refractivity contribution in [1.82, 2.24) is 9.97 Å². The van der Waals surface area contributed by atoms with Crippen molar-refractivity contribution >= 4 is 33.4 Å². The maximum Gasteiger partial charge on any atom is 0.261 e. The van der Waals surface area contributed by atoms with Crippen molar-refractivity contribution in [3.05, 3.63) is 76.0 Å². The van der Waals surface area contributed by atoms with E-state index in [9.17, 15) is 14.0 Å². The van der Waals surface area contributed by atoms with E-state index in [1.165, 1.54) is 18.3 Å². The van der Waals surface area contributed by atoms with Crippen LogP contribution < -0.4 is 10.7 Å². The molecule has 2 heterocycles. The van der Waals surface area contributed by atoms with Crippen LogP contribution in [0.5, 0.6) is 0 Å². The molecule has 3 N–H and O–H groups in total. The highest BCUT2D eigenvalue weighted by molar-refractivity contribution is 6.07. The molecule has 0 radical (unpaired) electrons. The first kappa shape index (κ1) is 18.0. The molecule has 5 nitrogen and oxygen atoms in total. The Hall–Kier alpha value is -3.41. The Labute approximate surface area is 160 Å². The van der Waals surface area contributed by atoms with Gasteiger partial charge in [-0.1, -0.05) is 20.8 Å². The van der Waals surface area contributed by atoms with E-state index >= 15 is 0 Å². The van der Waals surface area contributed by atoms with Gasteiger partial charge in [0, 0.05) is 34.5 Å². The van der Waals surface area contributed by atoms with Crippen molar-refractivity contribution in [3.63, 3.8) is 0 Å². The molecule has 0 spiro atoms. The number of pyridine rings is 1. The third kappa shape index (κ3) is 3.07. The summed E-state index contributed by atoms with van der Waals surface area (Å²) in [5.41, 5.74) is 2.16. The summed E-state index contributed by atoms with van der Waals surface area (Å²) >= 11 is 0. The van der Waals surface area contributed by atoms with Crippen LogP contribution in [0.2, 0.25) is 0 Å². The zero-order valence-electron chi connectivity index (χ0n) is 15.8. The predicted octanol–water partition coefficient (Wildman–Crippen LogP) is 4.70. The van der Waals surface area contributed by atoms with Crippen LogP contribution in [-0.2, 0) is 5.41 Å². The smallest absolute Gasteiger partial charge is 0.261 e. The fourth-order valence-corrected chi connectivity index (χ4v) is 3.37. The predicted molar refractivity (Wildman–Crippen MR) is 109 cm³/mol. The monoisotopic (exact) mass is 377 g/mol. The molecule has 0 bridgehead atoms. The molecule has 0 saturated heterocycles. The van der Waals surface area contributed by atoms with E-state index in [0.29, 0.717) is 11.2 Å². The van der Waals surface area contributed by atoms with Gasteiger partial charge in [0.1, 0.15) is 11.4 Å². The highest BCUT2D eigenvalue weighted by atomic mass is 19.1. The van der Waals surface area contributed by atoms with Gasteiger partial charge in [-0.3, -0.25) is 9.59 Å². The van der Waals surface area contributed by atoms with Crippen LogP contribution in [0.15, 0.2) is 53.6 Å². The van der Waals surface area contributed by atoms with Gasteiger partial charge in [0.15, 0.2) is 0 Å². The number of aromatic nitrogens is 2. The van der Waals surface area contributed by atoms with Gasteiger partial charge < -0.3 is 15.3 Å². The number of H-pyrrole nitrogens is 2. The van der Waals surface area contributed by atoms with Crippen LogP contribution in [0.25, 0.3) is 21.8 Å². The summed E-state index contributed by atoms with van der Waals surface area (Å²) in [6.45, 7) is 6.17. The second-order valence-corrected chi connectivity index (χ2v) is 7.89. The average molecular weight is 377 g/mol. The lowest BCUT2D eigenvalue weighted by Gasteiger charge is -2.23. The van der Waals surface area contributed by atoms with Crippen molar-refractivity contribution in [2.75, 3.05) is 5.32 Å². The lowest BCUT2D eigenvalue weighted by molar-refractivity contribution is 0.102. The first-order chi connectivity index (χ1) is 13.2. The highest BCUT2D eigenvalue weighted by Gasteiger charge is 2.22. The second-order valence-electron chi connectivity index (χ2n) is 7.89. The lowest BCUT2D eigenvalue weighted by Crippen LogP contribution is -2.24. The Morgan fingerprint density at radius 1 is 1.04 bits per heavy atom. The van der Waals surface area contributed by atoms with E-state index in [2.05, 4.69) is 36.1 Å². The summed E-state index contributed by atoms with van der Waals surface area (Å²) in [5, 5.41) is 4.05. The van der Waals surface area contributed by atoms with E-state index in [0.717, 1.165) is 22.5 Å². The van der Waals surface area contributed by atoms with Gasteiger partial charge in [-0.05, 0) is 52.8 Å². The fourth-order valence-electron chi connectivity index (χ4n) is 3.37. The number of hydrogen-bond donors (Lipinski definition) is 3. The number of halogens is 1. The quantitative estimate of drug-likeness (QED) is 0.474. The first-order valence-corrected chi connectivity index (χ1v) is 8.98. The number of rotatable bonds is 2. The van der Waals surface area contributed by atoms with Gasteiger partial charge in [0.05, 0.1) is 0 Å². The Morgan fingerprint density at radius 3 is 2.57 bits per heavy atom. The molecule has 1 amide bonds. The molecule has 6 heteroatoms. The van der Waals surface area contributed by atoms with E-state index in [-0.39, 0.29) is 16.4 Å². The van der Waals surface area contributed by atoms with E-state index in [4.69, 9.17) is 0 Å². The van der Waals surface area contributed by atoms with Gasteiger partial charge in [-0.25, -0.2) is 4.39 Å². The molecule has 0 fully saturated rings. The third-order valence-corrected chi connectivity index (χ3v) is 4.84. The van der Waals surface area contributed by atoms with Crippen molar-refractivity contribution in [3.8, 4) is 0 Å². The largest absolute Gasteiger partial charge is 0.361 e. The molecule has 0 aliphatic heterocycles. The molecule has 2 aromatic carbocycles. The maximum atomic E-state index is 13.5. The summed E-state index contributed by atoms with van der Waals surface area (Å²) in [6, 6.07) is 9.74. The van der Waals surface area contributed by atoms with Crippen LogP contribution in [0.4, 0.5) is 10.1 Å². The topological polar surface area (TPSA) is 77.8 Å². The van der Waals surface area contributed by atoms with E-state index in [1.54, 1.807) is 0 Å². The number of benzene rings is 2. The maximum absolute atomic E-state index is 13.5. The van der Waals surface area contributed by atoms with Crippen LogP contribution in [-0.4, -0.2) is 15.9 Å². The molecule has 4 aromatic rings. The molecule has 4 rings (SSSR count). The summed E-state index contributed by atoms with van der Waals surface area (Å²) in [7, 11) is 0. The molecule has 0 aliphatic carbocycles. The summed E-state index contributed by atoms with van der Waals surface area (Å²) in [6.07, 6.45) is 3.20. The minimum Gasteiger partial charge on any atom is -0.361 e. The summed E-state index contributed by atoms with van der Waals surface area (Å²) in [4.78, 5) is 31.6. The lowest BCUT2D eigenvalue weighted by atomic mass is 9.85. The molecular weight excluding hydrogens is 357 g/mol. The molecule has 0 atom stereocenters. The minimum absolute atomic E-state index is 0.0652. The van der Waals surface area contributed by atoms with E-state index in [1.807, 2.05) is 24.4 Å². The Bertz CT molecular complexity index is 1280. The van der Waals surface area contributed by atoms with Crippen molar-refractivity contribution in [1.29, 1.82) is 0 Å². The molecule has 142 valence electrons. The van der Waals surface area contributed by atoms with Gasteiger partial charge in [-0.15, -0.1) is 0 Å². The number of fused-ring (bicyclic) bond motifs is 2. The Morgan fingerprint density at radius 2 is 1.82 bits per heavy atom. The van der Waals surface area contributed by atoms with Crippen LogP contribution >= 0.6 is 0 Å². The molecular formula is C22H20FN3O2. The summed E-state index contributed by atoms with van der Waals surface area (Å²) in [5.74, 6) is -1.06. The van der Waals surface area contributed by atoms with Gasteiger partial charge in [0.2, 0.25) is 5.43 Å². The standard InChI is InChI=1S/C22H20FN3O2/c1-22(2,3)16-8-12-6-7-24-18(12)10-19(16)26-21(28)15-11-25-17-5-4-13(23)9-14(17)20(15)27/h4-11,24H,1-3H3,(H,25,27)(H,26,28). The molecule has 28 heavy (non-hydrogen) atoms. The minimum atomic E-state index is -0.538. The van der Waals surface area contributed by atoms with Crippen molar-refractivity contribution < 1.29 is 9.18 Å². The van der Waals surface area contributed by atoms with Crippen LogP contribution in [0.1, 0.15) is 36.7 Å². The molecule has 0 unspecified atom stereocenters. The first-order valence-electron chi connectivity index (χ1n) is 8.98. The average Bonchev–Trinajstić information content (AvgIpc) is 3.08. The molecule has 0 saturated carbocycles. The van der Waals surface area contributed by atoms with Gasteiger partial charge >= 0.3 is 0 Å². The molecule has 0 aliphatic rings. The van der Waals surface area contributed by atoms with Crippen LogP contribution in [0.3, 0.4) is 0 Å². The number of amides is 1. The summed E-state index contributed by atoms with van der Waals surface area (Å²) < 4.78 is 13.5. The number of carbonyl (C=O) groups is 1. The Balaban J connectivity index is 1.79. The zero-order valence-corrected chi connectivity index (χ0v) is 15.8. The Kier molecular flexibility index (Phi) is 4.07. The number of nitrogens with one attached hydrogen (secondary N) is 3. The number of anilines is 1. The SMILES string of the molecule is CC(C)(C)c1cc2cc[nH]c2cc1NC(=O)c1c[nH]c2ccc(F)cc2c1=O. The number of aromatic amines is 2. The third-order valence-electron chi connectivity index (χ3n) is 4.84. The fraction of sp³-hybridized carbons (Fsp3) is 0.182. The number of carbonyl (C=O) groups excluding carboxylic acids is 1. The van der Waals surface area contributed by atoms with Crippen LogP contribution in [0, 0.1) is 5.82 Å². The normalized spacial score (nSPS) is 11.9. The van der Waals surface area contributed by atoms with Crippen molar-refractivity contribution in [2.45, 2.75) is 26.2 Å². The van der Waals surface area contributed by atoms with E-state index < -0.39 is 17.2 Å². The van der Waals surface area contributed by atoms with Gasteiger partial charge in [0.25, 0.3) is 5.91 Å². The molecule has 2 aromatic heterocycles. The van der Waals surface area contributed by atoms with Gasteiger partial charge in [-0.2, -0.15) is 0 Å². The highest BCUT2D eigenvalue weighted by Crippen LogP contribution is 2.33.